The lowest BCUT2D eigenvalue weighted by atomic mass is 9.94. The van der Waals surface area contributed by atoms with E-state index in [1.54, 1.807) is 12.1 Å². The van der Waals surface area contributed by atoms with Crippen LogP contribution < -0.4 is 5.32 Å². The summed E-state index contributed by atoms with van der Waals surface area (Å²) < 4.78 is 6.33. The lowest BCUT2D eigenvalue weighted by Gasteiger charge is -2.29. The maximum absolute atomic E-state index is 12.3. The lowest BCUT2D eigenvalue weighted by molar-refractivity contribution is 0.0727. The fraction of sp³-hybridized carbons (Fsp3) is 0.462. The van der Waals surface area contributed by atoms with Gasteiger partial charge in [0.15, 0.2) is 0 Å². The van der Waals surface area contributed by atoms with Crippen molar-refractivity contribution in [2.75, 3.05) is 6.61 Å². The van der Waals surface area contributed by atoms with Gasteiger partial charge in [0.1, 0.15) is 0 Å². The molecule has 1 saturated heterocycles. The van der Waals surface area contributed by atoms with Gasteiger partial charge in [-0.05, 0) is 38.5 Å². The van der Waals surface area contributed by atoms with E-state index < -0.39 is 0 Å². The van der Waals surface area contributed by atoms with E-state index in [-0.39, 0.29) is 17.6 Å². The van der Waals surface area contributed by atoms with Gasteiger partial charge in [-0.1, -0.05) is 27.5 Å². The van der Waals surface area contributed by atoms with Crippen molar-refractivity contribution in [3.8, 4) is 0 Å². The van der Waals surface area contributed by atoms with Crippen LogP contribution in [-0.4, -0.2) is 24.2 Å². The van der Waals surface area contributed by atoms with Crippen LogP contribution in [0.1, 0.15) is 30.6 Å². The van der Waals surface area contributed by atoms with Gasteiger partial charge in [-0.3, -0.25) is 4.79 Å². The monoisotopic (exact) mass is 331 g/mol. The molecule has 2 atom stereocenters. The molecule has 1 aliphatic rings. The average Bonchev–Trinajstić information content (AvgIpc) is 2.62. The molecular weight excluding hydrogens is 318 g/mol. The molecule has 0 saturated carbocycles. The van der Waals surface area contributed by atoms with Crippen LogP contribution in [0, 0.1) is 0 Å². The van der Waals surface area contributed by atoms with Crippen LogP contribution in [0.15, 0.2) is 22.7 Å². The Morgan fingerprint density at radius 3 is 2.94 bits per heavy atom. The highest BCUT2D eigenvalue weighted by Crippen LogP contribution is 2.27. The molecule has 1 aromatic carbocycles. The molecule has 0 unspecified atom stereocenters. The summed E-state index contributed by atoms with van der Waals surface area (Å²) in [6.07, 6.45) is 0.818. The van der Waals surface area contributed by atoms with E-state index in [9.17, 15) is 4.79 Å². The van der Waals surface area contributed by atoms with E-state index in [4.69, 9.17) is 16.3 Å². The van der Waals surface area contributed by atoms with E-state index in [0.29, 0.717) is 17.2 Å². The highest BCUT2D eigenvalue weighted by Gasteiger charge is 2.38. The summed E-state index contributed by atoms with van der Waals surface area (Å²) in [7, 11) is 0. The normalized spacial score (nSPS) is 27.2. The Morgan fingerprint density at radius 1 is 1.61 bits per heavy atom. The number of amides is 1. The van der Waals surface area contributed by atoms with Crippen molar-refractivity contribution in [2.45, 2.75) is 31.9 Å². The minimum atomic E-state index is -0.331. The maximum Gasteiger partial charge on any atom is 0.253 e. The predicted molar refractivity (Wildman–Crippen MR) is 75.1 cm³/mol. The van der Waals surface area contributed by atoms with Crippen molar-refractivity contribution < 1.29 is 9.53 Å². The summed E-state index contributed by atoms with van der Waals surface area (Å²) in [4.78, 5) is 12.3. The standard InChI is InChI=1S/C13H15BrClNO2/c1-8-13(2,5-6-18-8)16-12(17)10-7-9(14)3-4-11(10)15/h3-4,7-8H,5-6H2,1-2H3,(H,16,17)/t8-,13+/m1/s1. The first kappa shape index (κ1) is 13.8. The third-order valence-corrected chi connectivity index (χ3v) is 4.28. The topological polar surface area (TPSA) is 38.3 Å². The maximum atomic E-state index is 12.3. The Kier molecular flexibility index (Phi) is 3.99. The first-order valence-electron chi connectivity index (χ1n) is 5.81. The van der Waals surface area contributed by atoms with Crippen molar-refractivity contribution in [1.82, 2.24) is 5.32 Å². The first-order chi connectivity index (χ1) is 8.42. The van der Waals surface area contributed by atoms with E-state index in [2.05, 4.69) is 21.2 Å². The Balaban J connectivity index is 2.19. The molecule has 1 fully saturated rings. The number of benzene rings is 1. The van der Waals surface area contributed by atoms with Gasteiger partial charge in [-0.2, -0.15) is 0 Å². The average molecular weight is 333 g/mol. The molecule has 0 bridgehead atoms. The molecule has 0 spiro atoms. The van der Waals surface area contributed by atoms with Gasteiger partial charge in [0.25, 0.3) is 5.91 Å². The molecule has 1 amide bonds. The highest BCUT2D eigenvalue weighted by molar-refractivity contribution is 9.10. The van der Waals surface area contributed by atoms with Crippen LogP contribution in [0.2, 0.25) is 5.02 Å². The zero-order chi connectivity index (χ0) is 13.3. The summed E-state index contributed by atoms with van der Waals surface area (Å²) in [6.45, 7) is 4.63. The van der Waals surface area contributed by atoms with Crippen LogP contribution in [0.4, 0.5) is 0 Å². The van der Waals surface area contributed by atoms with Crippen LogP contribution >= 0.6 is 27.5 Å². The second-order valence-corrected chi connectivity index (χ2v) is 6.08. The van der Waals surface area contributed by atoms with Gasteiger partial charge in [-0.25, -0.2) is 0 Å². The largest absolute Gasteiger partial charge is 0.376 e. The molecule has 1 aromatic rings. The Hall–Kier alpha value is -0.580. The summed E-state index contributed by atoms with van der Waals surface area (Å²) in [5.41, 5.74) is 0.147. The van der Waals surface area contributed by atoms with E-state index >= 15 is 0 Å². The molecule has 1 heterocycles. The van der Waals surface area contributed by atoms with Crippen molar-refractivity contribution >= 4 is 33.4 Å². The van der Waals surface area contributed by atoms with Crippen LogP contribution in [0.5, 0.6) is 0 Å². The van der Waals surface area contributed by atoms with Crippen molar-refractivity contribution in [3.05, 3.63) is 33.3 Å². The summed E-state index contributed by atoms with van der Waals surface area (Å²) in [5, 5.41) is 3.47. The molecule has 0 radical (unpaired) electrons. The number of hydrogen-bond donors (Lipinski definition) is 1. The van der Waals surface area contributed by atoms with E-state index in [1.165, 1.54) is 0 Å². The Bertz CT molecular complexity index is 480. The van der Waals surface area contributed by atoms with E-state index in [0.717, 1.165) is 10.9 Å². The number of carbonyl (C=O) groups is 1. The van der Waals surface area contributed by atoms with Gasteiger partial charge in [0.05, 0.1) is 22.2 Å². The molecule has 0 aliphatic carbocycles. The molecule has 98 valence electrons. The van der Waals surface area contributed by atoms with Crippen LogP contribution in [0.25, 0.3) is 0 Å². The van der Waals surface area contributed by atoms with Gasteiger partial charge in [-0.15, -0.1) is 0 Å². The molecule has 18 heavy (non-hydrogen) atoms. The predicted octanol–water partition coefficient (Wildman–Crippen LogP) is 3.40. The van der Waals surface area contributed by atoms with Gasteiger partial charge in [0.2, 0.25) is 0 Å². The zero-order valence-electron chi connectivity index (χ0n) is 10.3. The molecule has 2 rings (SSSR count). The number of halogens is 2. The van der Waals surface area contributed by atoms with Crippen LogP contribution in [0.3, 0.4) is 0 Å². The van der Waals surface area contributed by atoms with Crippen LogP contribution in [-0.2, 0) is 4.74 Å². The third-order valence-electron chi connectivity index (χ3n) is 3.46. The van der Waals surface area contributed by atoms with Gasteiger partial charge < -0.3 is 10.1 Å². The number of rotatable bonds is 2. The highest BCUT2D eigenvalue weighted by atomic mass is 79.9. The molecular formula is C13H15BrClNO2. The zero-order valence-corrected chi connectivity index (χ0v) is 12.6. The Labute approximate surface area is 120 Å². The quantitative estimate of drug-likeness (QED) is 0.901. The second kappa shape index (κ2) is 5.19. The summed E-state index contributed by atoms with van der Waals surface area (Å²) in [6, 6.07) is 5.24. The Morgan fingerprint density at radius 2 is 2.33 bits per heavy atom. The number of nitrogens with one attached hydrogen (secondary N) is 1. The number of ether oxygens (including phenoxy) is 1. The summed E-state index contributed by atoms with van der Waals surface area (Å²) in [5.74, 6) is -0.166. The molecule has 1 aliphatic heterocycles. The SMILES string of the molecule is C[C@H]1OCC[C@]1(C)NC(=O)c1cc(Br)ccc1Cl. The van der Waals surface area contributed by atoms with E-state index in [1.807, 2.05) is 19.9 Å². The minimum Gasteiger partial charge on any atom is -0.376 e. The second-order valence-electron chi connectivity index (χ2n) is 4.76. The van der Waals surface area contributed by atoms with Gasteiger partial charge >= 0.3 is 0 Å². The van der Waals surface area contributed by atoms with Gasteiger partial charge in [0, 0.05) is 11.1 Å². The fourth-order valence-corrected chi connectivity index (χ4v) is 2.56. The molecule has 3 nitrogen and oxygen atoms in total. The summed E-state index contributed by atoms with van der Waals surface area (Å²) >= 11 is 9.38. The lowest BCUT2D eigenvalue weighted by Crippen LogP contribution is -2.50. The molecule has 0 aromatic heterocycles. The van der Waals surface area contributed by atoms with Crippen molar-refractivity contribution in [3.63, 3.8) is 0 Å². The number of carbonyl (C=O) groups excluding carboxylic acids is 1. The van der Waals surface area contributed by atoms with Crippen molar-refractivity contribution in [2.24, 2.45) is 0 Å². The molecule has 5 heteroatoms. The first-order valence-corrected chi connectivity index (χ1v) is 6.99. The molecule has 1 N–H and O–H groups in total. The smallest absolute Gasteiger partial charge is 0.253 e. The van der Waals surface area contributed by atoms with Crippen molar-refractivity contribution in [1.29, 1.82) is 0 Å². The third kappa shape index (κ3) is 2.71. The minimum absolute atomic E-state index is 0.00683. The number of hydrogen-bond acceptors (Lipinski definition) is 2. The fourth-order valence-electron chi connectivity index (χ4n) is 2.00.